The quantitative estimate of drug-likeness (QED) is 0.789. The molecule has 1 fully saturated rings. The van der Waals surface area contributed by atoms with Gasteiger partial charge in [-0.25, -0.2) is 0 Å². The van der Waals surface area contributed by atoms with Crippen molar-refractivity contribution in [3.63, 3.8) is 0 Å². The Morgan fingerprint density at radius 2 is 2.00 bits per heavy atom. The highest BCUT2D eigenvalue weighted by atomic mass is 16.2. The molecule has 1 heterocycles. The van der Waals surface area contributed by atoms with Crippen molar-refractivity contribution in [2.24, 2.45) is 0 Å². The highest BCUT2D eigenvalue weighted by Crippen LogP contribution is 2.17. The van der Waals surface area contributed by atoms with Gasteiger partial charge in [0.25, 0.3) is 0 Å². The number of benzene rings is 1. The van der Waals surface area contributed by atoms with Crippen LogP contribution >= 0.6 is 0 Å². The van der Waals surface area contributed by atoms with Crippen LogP contribution in [0.3, 0.4) is 0 Å². The lowest BCUT2D eigenvalue weighted by Gasteiger charge is -2.25. The fourth-order valence-electron chi connectivity index (χ4n) is 1.93. The van der Waals surface area contributed by atoms with Gasteiger partial charge in [0.05, 0.1) is 11.6 Å². The molecule has 4 nitrogen and oxygen atoms in total. The van der Waals surface area contributed by atoms with E-state index in [9.17, 15) is 4.79 Å². The first-order valence-electron chi connectivity index (χ1n) is 5.82. The molecule has 1 aromatic rings. The first-order valence-corrected chi connectivity index (χ1v) is 5.82. The summed E-state index contributed by atoms with van der Waals surface area (Å²) in [5, 5.41) is 12.0. The largest absolute Gasteiger partial charge is 0.316 e. The molecular weight excluding hydrogens is 214 g/mol. The van der Waals surface area contributed by atoms with E-state index in [1.165, 1.54) is 0 Å². The highest BCUT2D eigenvalue weighted by molar-refractivity contribution is 5.93. The molecule has 0 unspecified atom stereocenters. The number of nitriles is 1. The Kier molecular flexibility index (Phi) is 3.73. The Bertz CT molecular complexity index is 433. The molecular formula is C13H15N3O. The van der Waals surface area contributed by atoms with Crippen LogP contribution in [0.2, 0.25) is 0 Å². The topological polar surface area (TPSA) is 56.1 Å². The SMILES string of the molecule is N#Cc1ccc(N2CCCNCCC2=O)cc1. The summed E-state index contributed by atoms with van der Waals surface area (Å²) in [4.78, 5) is 13.8. The normalized spacial score (nSPS) is 17.1. The van der Waals surface area contributed by atoms with Gasteiger partial charge in [-0.1, -0.05) is 0 Å². The molecule has 0 aliphatic carbocycles. The number of rotatable bonds is 1. The monoisotopic (exact) mass is 229 g/mol. The van der Waals surface area contributed by atoms with Crippen molar-refractivity contribution in [3.8, 4) is 6.07 Å². The smallest absolute Gasteiger partial charge is 0.228 e. The molecule has 1 aliphatic heterocycles. The molecule has 17 heavy (non-hydrogen) atoms. The van der Waals surface area contributed by atoms with Crippen LogP contribution in [0, 0.1) is 11.3 Å². The minimum absolute atomic E-state index is 0.141. The van der Waals surface area contributed by atoms with Crippen molar-refractivity contribution in [3.05, 3.63) is 29.8 Å². The van der Waals surface area contributed by atoms with Crippen LogP contribution < -0.4 is 10.2 Å². The maximum atomic E-state index is 11.9. The van der Waals surface area contributed by atoms with Crippen LogP contribution in [0.5, 0.6) is 0 Å². The lowest BCUT2D eigenvalue weighted by atomic mass is 10.2. The van der Waals surface area contributed by atoms with Gasteiger partial charge in [0.2, 0.25) is 5.91 Å². The van der Waals surface area contributed by atoms with Crippen molar-refractivity contribution < 1.29 is 4.79 Å². The third-order valence-corrected chi connectivity index (χ3v) is 2.86. The molecule has 1 N–H and O–H groups in total. The van der Waals surface area contributed by atoms with Crippen LogP contribution in [-0.2, 0) is 4.79 Å². The zero-order valence-electron chi connectivity index (χ0n) is 9.65. The summed E-state index contributed by atoms with van der Waals surface area (Å²) in [7, 11) is 0. The maximum Gasteiger partial charge on any atom is 0.228 e. The number of carbonyl (C=O) groups is 1. The molecule has 0 aromatic heterocycles. The minimum atomic E-state index is 0.141. The zero-order valence-corrected chi connectivity index (χ0v) is 9.65. The van der Waals surface area contributed by atoms with Gasteiger partial charge in [0.1, 0.15) is 0 Å². The zero-order chi connectivity index (χ0) is 12.1. The predicted molar refractivity (Wildman–Crippen MR) is 65.6 cm³/mol. The number of carbonyl (C=O) groups excluding carboxylic acids is 1. The molecule has 1 aromatic carbocycles. The van der Waals surface area contributed by atoms with Gasteiger partial charge in [-0.3, -0.25) is 4.79 Å². The van der Waals surface area contributed by atoms with E-state index >= 15 is 0 Å². The number of hydrogen-bond donors (Lipinski definition) is 1. The lowest BCUT2D eigenvalue weighted by molar-refractivity contribution is -0.118. The van der Waals surface area contributed by atoms with E-state index < -0.39 is 0 Å². The Morgan fingerprint density at radius 3 is 2.71 bits per heavy atom. The van der Waals surface area contributed by atoms with E-state index in [0.29, 0.717) is 12.0 Å². The molecule has 0 radical (unpaired) electrons. The van der Waals surface area contributed by atoms with E-state index in [2.05, 4.69) is 11.4 Å². The number of nitrogens with zero attached hydrogens (tertiary/aromatic N) is 2. The summed E-state index contributed by atoms with van der Waals surface area (Å²) in [6.45, 7) is 2.42. The molecule has 0 bridgehead atoms. The van der Waals surface area contributed by atoms with Crippen molar-refractivity contribution in [2.75, 3.05) is 24.5 Å². The number of hydrogen-bond acceptors (Lipinski definition) is 3. The van der Waals surface area contributed by atoms with Crippen LogP contribution in [0.15, 0.2) is 24.3 Å². The van der Waals surface area contributed by atoms with E-state index in [1.807, 2.05) is 17.0 Å². The fourth-order valence-corrected chi connectivity index (χ4v) is 1.93. The van der Waals surface area contributed by atoms with Gasteiger partial charge in [-0.15, -0.1) is 0 Å². The lowest BCUT2D eigenvalue weighted by Crippen LogP contribution is -2.38. The van der Waals surface area contributed by atoms with Crippen molar-refractivity contribution in [2.45, 2.75) is 12.8 Å². The molecule has 2 rings (SSSR count). The Labute approximate surface area is 101 Å². The van der Waals surface area contributed by atoms with Crippen LogP contribution in [0.1, 0.15) is 18.4 Å². The van der Waals surface area contributed by atoms with Crippen LogP contribution in [0.4, 0.5) is 5.69 Å². The van der Waals surface area contributed by atoms with Crippen LogP contribution in [0.25, 0.3) is 0 Å². The summed E-state index contributed by atoms with van der Waals surface area (Å²) in [6, 6.07) is 9.25. The maximum absolute atomic E-state index is 11.9. The van der Waals surface area contributed by atoms with Crippen molar-refractivity contribution >= 4 is 11.6 Å². The number of nitrogens with one attached hydrogen (secondary N) is 1. The second kappa shape index (κ2) is 5.46. The van der Waals surface area contributed by atoms with Gasteiger partial charge in [-0.2, -0.15) is 5.26 Å². The average molecular weight is 229 g/mol. The molecule has 88 valence electrons. The van der Waals surface area contributed by atoms with E-state index in [-0.39, 0.29) is 5.91 Å². The number of amides is 1. The molecule has 0 atom stereocenters. The third-order valence-electron chi connectivity index (χ3n) is 2.86. The Hall–Kier alpha value is -1.86. The van der Waals surface area contributed by atoms with Gasteiger partial charge >= 0.3 is 0 Å². The highest BCUT2D eigenvalue weighted by Gasteiger charge is 2.16. The summed E-state index contributed by atoms with van der Waals surface area (Å²) in [5.74, 6) is 0.141. The Morgan fingerprint density at radius 1 is 1.24 bits per heavy atom. The summed E-state index contributed by atoms with van der Waals surface area (Å²) in [6.07, 6.45) is 1.48. The molecule has 1 aliphatic rings. The fraction of sp³-hybridized carbons (Fsp3) is 0.385. The molecule has 0 saturated carbocycles. The van der Waals surface area contributed by atoms with Gasteiger partial charge in [0.15, 0.2) is 0 Å². The summed E-state index contributed by atoms with van der Waals surface area (Å²) >= 11 is 0. The minimum Gasteiger partial charge on any atom is -0.316 e. The van der Waals surface area contributed by atoms with Gasteiger partial charge < -0.3 is 10.2 Å². The van der Waals surface area contributed by atoms with E-state index in [0.717, 1.165) is 31.7 Å². The average Bonchev–Trinajstić information content (AvgIpc) is 2.35. The second-order valence-corrected chi connectivity index (χ2v) is 4.06. The molecule has 1 saturated heterocycles. The predicted octanol–water partition coefficient (Wildman–Crippen LogP) is 1.27. The van der Waals surface area contributed by atoms with E-state index in [4.69, 9.17) is 5.26 Å². The number of anilines is 1. The Balaban J connectivity index is 2.17. The standard InChI is InChI=1S/C13H15N3O/c14-10-11-2-4-12(5-3-11)16-9-1-7-15-8-6-13(16)17/h2-5,15H,1,6-9H2. The molecule has 0 spiro atoms. The van der Waals surface area contributed by atoms with Gasteiger partial charge in [0, 0.05) is 25.2 Å². The third kappa shape index (κ3) is 2.83. The summed E-state index contributed by atoms with van der Waals surface area (Å²) < 4.78 is 0. The van der Waals surface area contributed by atoms with Crippen molar-refractivity contribution in [1.29, 1.82) is 5.26 Å². The van der Waals surface area contributed by atoms with E-state index in [1.54, 1.807) is 12.1 Å². The van der Waals surface area contributed by atoms with Crippen LogP contribution in [-0.4, -0.2) is 25.5 Å². The summed E-state index contributed by atoms with van der Waals surface area (Å²) in [5.41, 5.74) is 1.51. The molecule has 4 heteroatoms. The van der Waals surface area contributed by atoms with Crippen molar-refractivity contribution in [1.82, 2.24) is 5.32 Å². The van der Waals surface area contributed by atoms with Gasteiger partial charge in [-0.05, 0) is 37.2 Å². The second-order valence-electron chi connectivity index (χ2n) is 4.06. The first-order chi connectivity index (χ1) is 8.31. The molecule has 1 amide bonds. The first kappa shape index (κ1) is 11.6.